The molecule has 1 aliphatic rings. The molecule has 10 heteroatoms. The number of nitrogens with zero attached hydrogens (tertiary/aromatic N) is 4. The van der Waals surface area contributed by atoms with Crippen molar-refractivity contribution in [3.8, 4) is 22.8 Å². The lowest BCUT2D eigenvalue weighted by Crippen LogP contribution is -2.49. The van der Waals surface area contributed by atoms with Gasteiger partial charge in [-0.05, 0) is 35.7 Å². The highest BCUT2D eigenvalue weighted by atomic mass is 32.1. The summed E-state index contributed by atoms with van der Waals surface area (Å²) in [6.45, 7) is 3.86. The number of thiophene rings is 1. The first-order chi connectivity index (χ1) is 17.1. The van der Waals surface area contributed by atoms with Crippen LogP contribution in [0.4, 0.5) is 5.82 Å². The van der Waals surface area contributed by atoms with Crippen LogP contribution in [-0.4, -0.2) is 70.9 Å². The van der Waals surface area contributed by atoms with E-state index in [1.165, 1.54) is 0 Å². The van der Waals surface area contributed by atoms with Gasteiger partial charge in [-0.1, -0.05) is 22.4 Å². The van der Waals surface area contributed by atoms with Gasteiger partial charge in [-0.2, -0.15) is 0 Å². The van der Waals surface area contributed by atoms with E-state index in [1.54, 1.807) is 23.5 Å². The summed E-state index contributed by atoms with van der Waals surface area (Å²) in [7, 11) is 0. The van der Waals surface area contributed by atoms with Crippen molar-refractivity contribution < 1.29 is 24.0 Å². The zero-order valence-electron chi connectivity index (χ0n) is 18.8. The third-order valence-corrected chi connectivity index (χ3v) is 7.11. The van der Waals surface area contributed by atoms with E-state index in [9.17, 15) is 10.2 Å². The topological polar surface area (TPSA) is 108 Å². The number of aromatic nitrogens is 2. The lowest BCUT2D eigenvalue weighted by molar-refractivity contribution is 0.0662. The minimum atomic E-state index is -0.614. The first kappa shape index (κ1) is 21.9. The first-order valence-corrected chi connectivity index (χ1v) is 12.3. The molecule has 1 unspecified atom stereocenters. The van der Waals surface area contributed by atoms with Gasteiger partial charge in [0.15, 0.2) is 17.0 Å². The second-order valence-corrected chi connectivity index (χ2v) is 9.53. The number of benzene rings is 2. The SMILES string of the molecule is Oc1ccc2c(N3CCN(CC(O)COc4cccc(-c5noc6ccsc56)c4)CC3)noc2c1. The van der Waals surface area contributed by atoms with Crippen LogP contribution in [0.3, 0.4) is 0 Å². The molecule has 2 N–H and O–H groups in total. The molecule has 0 aliphatic carbocycles. The summed E-state index contributed by atoms with van der Waals surface area (Å²) in [6, 6.07) is 14.6. The molecule has 5 aromatic rings. The zero-order valence-corrected chi connectivity index (χ0v) is 19.6. The molecule has 180 valence electrons. The predicted octanol–water partition coefficient (Wildman–Crippen LogP) is 3.97. The number of rotatable bonds is 7. The van der Waals surface area contributed by atoms with E-state index in [2.05, 4.69) is 20.1 Å². The Bertz CT molecular complexity index is 1450. The van der Waals surface area contributed by atoms with Crippen molar-refractivity contribution in [3.05, 3.63) is 53.9 Å². The Labute approximate surface area is 204 Å². The van der Waals surface area contributed by atoms with E-state index in [0.717, 1.165) is 58.9 Å². The van der Waals surface area contributed by atoms with Crippen LogP contribution in [0.15, 0.2) is 63.0 Å². The highest BCUT2D eigenvalue weighted by Gasteiger charge is 2.23. The van der Waals surface area contributed by atoms with Gasteiger partial charge < -0.3 is 28.9 Å². The molecular weight excluding hydrogens is 468 g/mol. The van der Waals surface area contributed by atoms with E-state index in [0.29, 0.717) is 17.9 Å². The fraction of sp³-hybridized carbons (Fsp3) is 0.280. The summed E-state index contributed by atoms with van der Waals surface area (Å²) in [6.07, 6.45) is -0.614. The summed E-state index contributed by atoms with van der Waals surface area (Å²) >= 11 is 1.59. The van der Waals surface area contributed by atoms with Crippen molar-refractivity contribution in [1.29, 1.82) is 0 Å². The highest BCUT2D eigenvalue weighted by Crippen LogP contribution is 2.33. The van der Waals surface area contributed by atoms with Crippen molar-refractivity contribution in [2.45, 2.75) is 6.10 Å². The molecule has 0 saturated carbocycles. The molecule has 3 aromatic heterocycles. The molecule has 35 heavy (non-hydrogen) atoms. The lowest BCUT2D eigenvalue weighted by Gasteiger charge is -2.35. The van der Waals surface area contributed by atoms with Gasteiger partial charge in [-0.15, -0.1) is 11.3 Å². The number of ether oxygens (including phenoxy) is 1. The van der Waals surface area contributed by atoms with Gasteiger partial charge in [0.05, 0.1) is 5.39 Å². The molecule has 1 aliphatic heterocycles. The van der Waals surface area contributed by atoms with Crippen molar-refractivity contribution in [3.63, 3.8) is 0 Å². The average Bonchev–Trinajstić information content (AvgIpc) is 3.59. The van der Waals surface area contributed by atoms with Crippen molar-refractivity contribution in [2.24, 2.45) is 0 Å². The minimum absolute atomic E-state index is 0.158. The maximum absolute atomic E-state index is 10.6. The normalized spacial score (nSPS) is 15.7. The molecule has 1 saturated heterocycles. The third-order valence-electron chi connectivity index (χ3n) is 6.21. The van der Waals surface area contributed by atoms with Gasteiger partial charge in [0, 0.05) is 44.4 Å². The molecule has 2 aromatic carbocycles. The first-order valence-electron chi connectivity index (χ1n) is 11.4. The van der Waals surface area contributed by atoms with Crippen LogP contribution in [-0.2, 0) is 0 Å². The Morgan fingerprint density at radius 1 is 1.00 bits per heavy atom. The van der Waals surface area contributed by atoms with Crippen LogP contribution in [0.2, 0.25) is 0 Å². The lowest BCUT2D eigenvalue weighted by atomic mass is 10.1. The van der Waals surface area contributed by atoms with Gasteiger partial charge in [0.2, 0.25) is 0 Å². The number of aromatic hydroxyl groups is 1. The standard InChI is InChI=1S/C25H24N4O5S/c30-17-4-5-20-22(13-17)34-27-25(20)29-9-7-28(8-10-29)14-18(31)15-32-19-3-1-2-16(12-19)23-24-21(33-26-23)6-11-35-24/h1-6,11-13,18,30-31H,7-10,14-15H2. The van der Waals surface area contributed by atoms with Crippen molar-refractivity contribution in [1.82, 2.24) is 15.2 Å². The van der Waals surface area contributed by atoms with Gasteiger partial charge in [0.1, 0.15) is 34.6 Å². The monoisotopic (exact) mass is 492 g/mol. The fourth-order valence-corrected chi connectivity index (χ4v) is 5.24. The molecule has 4 heterocycles. The highest BCUT2D eigenvalue weighted by molar-refractivity contribution is 7.17. The third kappa shape index (κ3) is 4.43. The second-order valence-electron chi connectivity index (χ2n) is 8.61. The predicted molar refractivity (Wildman–Crippen MR) is 133 cm³/mol. The zero-order chi connectivity index (χ0) is 23.8. The van der Waals surface area contributed by atoms with E-state index in [1.807, 2.05) is 41.8 Å². The smallest absolute Gasteiger partial charge is 0.180 e. The molecule has 1 fully saturated rings. The summed E-state index contributed by atoms with van der Waals surface area (Å²) in [5.74, 6) is 1.63. The summed E-state index contributed by atoms with van der Waals surface area (Å²) in [5, 5.41) is 31.5. The number of phenols is 1. The van der Waals surface area contributed by atoms with Crippen LogP contribution in [0.5, 0.6) is 11.5 Å². The summed E-state index contributed by atoms with van der Waals surface area (Å²) in [4.78, 5) is 4.39. The summed E-state index contributed by atoms with van der Waals surface area (Å²) < 4.78 is 17.6. The maximum atomic E-state index is 10.6. The van der Waals surface area contributed by atoms with E-state index in [4.69, 9.17) is 13.8 Å². The van der Waals surface area contributed by atoms with E-state index < -0.39 is 6.10 Å². The number of hydrogen-bond donors (Lipinski definition) is 2. The van der Waals surface area contributed by atoms with Crippen LogP contribution in [0.25, 0.3) is 32.5 Å². The molecule has 0 spiro atoms. The van der Waals surface area contributed by atoms with Gasteiger partial charge in [-0.3, -0.25) is 4.90 Å². The Hall–Kier alpha value is -3.60. The molecular formula is C25H24N4O5S. The number of piperazine rings is 1. The summed E-state index contributed by atoms with van der Waals surface area (Å²) in [5.41, 5.74) is 3.07. The quantitative estimate of drug-likeness (QED) is 0.349. The van der Waals surface area contributed by atoms with Gasteiger partial charge in [0.25, 0.3) is 0 Å². The Kier molecular flexibility index (Phi) is 5.77. The molecule has 1 atom stereocenters. The van der Waals surface area contributed by atoms with Gasteiger partial charge >= 0.3 is 0 Å². The molecule has 0 amide bonds. The number of aliphatic hydroxyl groups excluding tert-OH is 1. The second kappa shape index (κ2) is 9.21. The maximum Gasteiger partial charge on any atom is 0.180 e. The number of hydrogen-bond acceptors (Lipinski definition) is 10. The van der Waals surface area contributed by atoms with E-state index >= 15 is 0 Å². The minimum Gasteiger partial charge on any atom is -0.508 e. The van der Waals surface area contributed by atoms with Gasteiger partial charge in [-0.25, -0.2) is 0 Å². The van der Waals surface area contributed by atoms with Crippen LogP contribution >= 0.6 is 11.3 Å². The molecule has 6 rings (SSSR count). The number of fused-ring (bicyclic) bond motifs is 2. The Morgan fingerprint density at radius 3 is 2.74 bits per heavy atom. The number of aliphatic hydroxyl groups is 1. The number of phenolic OH excluding ortho intramolecular Hbond substituents is 1. The average molecular weight is 493 g/mol. The van der Waals surface area contributed by atoms with E-state index in [-0.39, 0.29) is 12.4 Å². The number of β-amino-alcohol motifs (C(OH)–C–C–N with tert-alkyl or cyclic N) is 1. The van der Waals surface area contributed by atoms with Crippen LogP contribution < -0.4 is 9.64 Å². The van der Waals surface area contributed by atoms with Crippen LogP contribution in [0.1, 0.15) is 0 Å². The fourth-order valence-electron chi connectivity index (χ4n) is 4.42. The van der Waals surface area contributed by atoms with Crippen molar-refractivity contribution in [2.75, 3.05) is 44.2 Å². The van der Waals surface area contributed by atoms with Crippen LogP contribution in [0, 0.1) is 0 Å². The Morgan fingerprint density at radius 2 is 1.86 bits per heavy atom. The number of anilines is 1. The Balaban J connectivity index is 1.02. The molecule has 9 nitrogen and oxygen atoms in total. The molecule has 0 radical (unpaired) electrons. The van der Waals surface area contributed by atoms with Crippen molar-refractivity contribution >= 4 is 38.4 Å². The largest absolute Gasteiger partial charge is 0.508 e. The molecule has 0 bridgehead atoms.